The summed E-state index contributed by atoms with van der Waals surface area (Å²) in [4.78, 5) is 66.6. The molecule has 10 aromatic carbocycles. The van der Waals surface area contributed by atoms with Gasteiger partial charge in [-0.1, -0.05) is 152 Å². The molecule has 122 heavy (non-hydrogen) atoms. The molecule has 2 aliphatic heterocycles. The molecular formula is C105H66N14OS2. The number of hydrogen-bond donors (Lipinski definition) is 0. The average molecular weight is 1600 g/mol. The smallest absolute Gasteiger partial charge is 0.163 e. The number of benzene rings is 10. The summed E-state index contributed by atoms with van der Waals surface area (Å²) in [6.45, 7) is 4.36. The van der Waals surface area contributed by atoms with Crippen LogP contribution in [0.25, 0.3) is 207 Å². The van der Waals surface area contributed by atoms with E-state index in [-0.39, 0.29) is 10.5 Å². The van der Waals surface area contributed by atoms with Crippen molar-refractivity contribution in [1.29, 1.82) is 0 Å². The average Bonchev–Trinajstić information content (AvgIpc) is 1.56. The van der Waals surface area contributed by atoms with Crippen molar-refractivity contribution in [2.75, 3.05) is 0 Å². The van der Waals surface area contributed by atoms with Gasteiger partial charge in [0.05, 0.1) is 91.3 Å². The van der Waals surface area contributed by atoms with Crippen LogP contribution in [-0.4, -0.2) is 69.4 Å². The molecule has 574 valence electrons. The lowest BCUT2D eigenvalue weighted by molar-refractivity contribution is 0.670. The maximum Gasteiger partial charge on any atom is 0.163 e. The third kappa shape index (κ3) is 12.6. The first kappa shape index (κ1) is 71.9. The van der Waals surface area contributed by atoms with E-state index in [1.165, 1.54) is 20.9 Å². The minimum atomic E-state index is 0.220. The van der Waals surface area contributed by atoms with Crippen LogP contribution >= 0.6 is 23.5 Å². The van der Waals surface area contributed by atoms with Crippen LogP contribution in [0.1, 0.15) is 32.8 Å². The Labute approximate surface area is 709 Å². The Kier molecular flexibility index (Phi) is 17.6. The van der Waals surface area contributed by atoms with Crippen LogP contribution < -0.4 is 0 Å². The third-order valence-electron chi connectivity index (χ3n) is 23.5. The van der Waals surface area contributed by atoms with Gasteiger partial charge in [0, 0.05) is 127 Å². The minimum absolute atomic E-state index is 0.220. The lowest BCUT2D eigenvalue weighted by Crippen LogP contribution is -2.01. The maximum absolute atomic E-state index is 7.34. The summed E-state index contributed by atoms with van der Waals surface area (Å²) in [5, 5.41) is 4.19. The molecule has 0 bridgehead atoms. The van der Waals surface area contributed by atoms with Crippen LogP contribution in [-0.2, 0) is 0 Å². The highest BCUT2D eigenvalue weighted by Gasteiger charge is 2.42. The van der Waals surface area contributed by atoms with Gasteiger partial charge in [0.25, 0.3) is 0 Å². The van der Waals surface area contributed by atoms with Crippen molar-refractivity contribution >= 4 is 67.4 Å². The van der Waals surface area contributed by atoms with Crippen LogP contribution in [0.3, 0.4) is 0 Å². The Bertz CT molecular complexity index is 7760. The van der Waals surface area contributed by atoms with Crippen LogP contribution in [0.15, 0.2) is 368 Å². The van der Waals surface area contributed by atoms with Gasteiger partial charge in [0.2, 0.25) is 0 Å². The van der Waals surface area contributed by atoms with Crippen molar-refractivity contribution in [2.24, 2.45) is 0 Å². The van der Waals surface area contributed by atoms with Gasteiger partial charge in [-0.25, -0.2) is 24.9 Å². The van der Waals surface area contributed by atoms with Gasteiger partial charge in [-0.2, -0.15) is 0 Å². The second-order valence-corrected chi connectivity index (χ2v) is 32.9. The first-order valence-corrected chi connectivity index (χ1v) is 42.0. The van der Waals surface area contributed by atoms with Crippen molar-refractivity contribution in [3.05, 3.63) is 376 Å². The Morgan fingerprint density at radius 2 is 0.795 bits per heavy atom. The molecule has 2 unspecified atom stereocenters. The van der Waals surface area contributed by atoms with Crippen LogP contribution in [0.2, 0.25) is 0 Å². The highest BCUT2D eigenvalue weighted by Crippen LogP contribution is 2.67. The molecule has 0 radical (unpaired) electrons. The summed E-state index contributed by atoms with van der Waals surface area (Å²) in [5.74, 6) is 1.05. The zero-order chi connectivity index (χ0) is 80.9. The third-order valence-corrected chi connectivity index (χ3v) is 26.5. The predicted molar refractivity (Wildman–Crippen MR) is 489 cm³/mol. The highest BCUT2D eigenvalue weighted by molar-refractivity contribution is 8.05. The summed E-state index contributed by atoms with van der Waals surface area (Å²) in [6.07, 6.45) is 23.4. The Balaban J connectivity index is 0.591. The van der Waals surface area contributed by atoms with E-state index in [4.69, 9.17) is 49.3 Å². The van der Waals surface area contributed by atoms with E-state index in [2.05, 4.69) is 226 Å². The second-order valence-electron chi connectivity index (χ2n) is 30.6. The Morgan fingerprint density at radius 3 is 1.43 bits per heavy atom. The van der Waals surface area contributed by atoms with Crippen molar-refractivity contribution in [3.8, 4) is 163 Å². The fraction of sp³-hybridized carbons (Fsp3) is 0.0381. The van der Waals surface area contributed by atoms with E-state index in [0.29, 0.717) is 34.2 Å². The Hall–Kier alpha value is -15.4. The van der Waals surface area contributed by atoms with E-state index in [1.54, 1.807) is 43.4 Å². The molecule has 0 fully saturated rings. The topological polar surface area (TPSA) is 186 Å². The van der Waals surface area contributed by atoms with E-state index in [0.717, 1.165) is 184 Å². The van der Waals surface area contributed by atoms with Crippen LogP contribution in [0.5, 0.6) is 0 Å². The highest BCUT2D eigenvalue weighted by atomic mass is 32.2. The minimum Gasteiger partial charge on any atom is -0.455 e. The van der Waals surface area contributed by atoms with Gasteiger partial charge in [-0.05, 0) is 213 Å². The van der Waals surface area contributed by atoms with Crippen LogP contribution in [0, 0.1) is 13.8 Å². The van der Waals surface area contributed by atoms with Crippen molar-refractivity contribution in [1.82, 2.24) is 69.4 Å². The molecule has 21 aromatic rings. The molecule has 0 spiro atoms. The summed E-state index contributed by atoms with van der Waals surface area (Å²) in [5.41, 5.74) is 32.9. The predicted octanol–water partition coefficient (Wildman–Crippen LogP) is 25.8. The lowest BCUT2D eigenvalue weighted by Gasteiger charge is -2.17. The largest absolute Gasteiger partial charge is 0.455 e. The number of rotatable bonds is 15. The normalized spacial score (nSPS) is 13.4. The monoisotopic (exact) mass is 1600 g/mol. The molecule has 17 heteroatoms. The van der Waals surface area contributed by atoms with Gasteiger partial charge in [-0.15, -0.1) is 23.5 Å². The lowest BCUT2D eigenvalue weighted by atomic mass is 9.92. The maximum atomic E-state index is 7.34. The van der Waals surface area contributed by atoms with E-state index >= 15 is 0 Å². The summed E-state index contributed by atoms with van der Waals surface area (Å²) < 4.78 is 9.61. The fourth-order valence-corrected chi connectivity index (χ4v) is 20.7. The quantitative estimate of drug-likeness (QED) is 0.0943. The van der Waals surface area contributed by atoms with E-state index in [1.807, 2.05) is 146 Å². The van der Waals surface area contributed by atoms with Gasteiger partial charge < -0.3 is 4.42 Å². The molecule has 2 aliphatic rings. The molecule has 0 amide bonds. The standard InChI is InChI=1S/C105H66N14OS2/c1-61-74(25-13-27-76(61)91-58-106-43-45-109-91)75-26-14-31-93(62(75)2)119-94-60-115-90(78-29-16-40-112-98(78)92-59-107-44-46-110-92)56-79(94)82-55-73(57-116-105(82)119)68-24-12-22-66(48-68)70-33-35-96-84(50-70)102-101(122-96)83-49-69(32-34-95(83)121-102)65-21-11-23-67(47-65)71-51-80-81-53-72(77-28-15-39-111-97(77)89-30-9-10-38-108-89)54-86(104-114-42-37-88(118-104)64-19-7-4-8-20-64)100(81)120-99(80)85(52-71)103-113-41-36-87(117-103)63-17-5-3-6-18-63/h3-60,101-102H,1-2H3. The van der Waals surface area contributed by atoms with Crippen molar-refractivity contribution in [3.63, 3.8) is 0 Å². The zero-order valence-corrected chi connectivity index (χ0v) is 67.3. The number of thioether (sulfide) groups is 2. The SMILES string of the molecule is Cc1c(-c2cnccn2)cccc1-c1cccc(-n2c3cnc(-c4cccnc4-c4cnccn4)cc3c3cc(-c4cccc(-c5ccc6c(c5)C5Sc7ccc(-c8cccc(-c9cc(-c%10nccc(-c%11ccccc%11)n%10)c%10oc%11c(-c%12nccc(-c%13ccccc%13)n%12)cc(-c%12cccnc%12-c%12ccccn%12)cc%11c%10c9)c8)cc7C5S6)c4)cnc32)c1C. The van der Waals surface area contributed by atoms with Gasteiger partial charge in [0.15, 0.2) is 11.6 Å². The van der Waals surface area contributed by atoms with E-state index < -0.39 is 0 Å². The summed E-state index contributed by atoms with van der Waals surface area (Å²) in [7, 11) is 0. The molecule has 0 N–H and O–H groups in total. The molecule has 0 saturated heterocycles. The zero-order valence-electron chi connectivity index (χ0n) is 65.6. The Morgan fingerprint density at radius 1 is 0.279 bits per heavy atom. The summed E-state index contributed by atoms with van der Waals surface area (Å²) in [6, 6.07) is 96.4. The molecule has 15 nitrogen and oxygen atoms in total. The van der Waals surface area contributed by atoms with Gasteiger partial charge >= 0.3 is 0 Å². The molecule has 2 atom stereocenters. The van der Waals surface area contributed by atoms with Crippen LogP contribution in [0.4, 0.5) is 0 Å². The van der Waals surface area contributed by atoms with Gasteiger partial charge in [-0.3, -0.25) is 44.4 Å². The number of nitrogens with zero attached hydrogens (tertiary/aromatic N) is 14. The number of aromatic nitrogens is 14. The number of furan rings is 1. The number of hydrogen-bond acceptors (Lipinski definition) is 16. The molecule has 0 aliphatic carbocycles. The summed E-state index contributed by atoms with van der Waals surface area (Å²) >= 11 is 3.95. The molecule has 23 rings (SSSR count). The molecule has 13 heterocycles. The second kappa shape index (κ2) is 29.9. The van der Waals surface area contributed by atoms with Crippen molar-refractivity contribution < 1.29 is 4.42 Å². The van der Waals surface area contributed by atoms with Gasteiger partial charge in [0.1, 0.15) is 22.5 Å². The number of pyridine rings is 5. The molecule has 11 aromatic heterocycles. The van der Waals surface area contributed by atoms with Crippen molar-refractivity contribution in [2.45, 2.75) is 34.1 Å². The number of fused-ring (bicyclic) bond motifs is 11. The van der Waals surface area contributed by atoms with E-state index in [9.17, 15) is 0 Å². The fourth-order valence-electron chi connectivity index (χ4n) is 17.6. The first-order chi connectivity index (χ1) is 60.3. The molecular weight excluding hydrogens is 1540 g/mol. The molecule has 0 saturated carbocycles. The first-order valence-electron chi connectivity index (χ1n) is 40.3.